The van der Waals surface area contributed by atoms with Crippen molar-refractivity contribution in [3.8, 4) is 5.75 Å². The molecule has 1 aromatic rings. The first-order valence-electron chi connectivity index (χ1n) is 4.69. The average molecular weight is 246 g/mol. The minimum atomic E-state index is -2.91. The molecule has 0 aliphatic heterocycles. The topological polar surface area (TPSA) is 74.4 Å². The van der Waals surface area contributed by atoms with Gasteiger partial charge in [-0.2, -0.15) is 0 Å². The van der Waals surface area contributed by atoms with E-state index in [1.807, 2.05) is 0 Å². The lowest BCUT2D eigenvalue weighted by atomic mass is 10.1. The highest BCUT2D eigenvalue weighted by molar-refractivity contribution is 5.93. The minimum absolute atomic E-state index is 0.0254. The molecule has 0 saturated heterocycles. The van der Waals surface area contributed by atoms with Crippen molar-refractivity contribution < 1.29 is 23.0 Å². The number of hydrogen-bond acceptors (Lipinski definition) is 5. The molecule has 1 heterocycles. The highest BCUT2D eigenvalue weighted by Crippen LogP contribution is 2.29. The molecule has 0 radical (unpaired) electrons. The standard InChI is InChI=1S/C10H12F2N2O3/c1-16-6-3-5(4-13)14-8(9(11)12)7(6)10(15)17-2/h3,9H,4,13H2,1-2H3. The number of carbonyl (C=O) groups excluding carboxylic acids is 1. The Morgan fingerprint density at radius 2 is 2.18 bits per heavy atom. The number of halogens is 2. The number of aromatic nitrogens is 1. The van der Waals surface area contributed by atoms with Gasteiger partial charge in [0.25, 0.3) is 6.43 Å². The monoisotopic (exact) mass is 246 g/mol. The fourth-order valence-electron chi connectivity index (χ4n) is 1.32. The Labute approximate surface area is 96.5 Å². The molecule has 0 aromatic carbocycles. The number of methoxy groups -OCH3 is 2. The summed E-state index contributed by atoms with van der Waals surface area (Å²) in [5.74, 6) is -0.948. The fourth-order valence-corrected chi connectivity index (χ4v) is 1.32. The van der Waals surface area contributed by atoms with E-state index in [9.17, 15) is 13.6 Å². The molecule has 17 heavy (non-hydrogen) atoms. The second-order valence-electron chi connectivity index (χ2n) is 3.07. The molecular weight excluding hydrogens is 234 g/mol. The third-order valence-corrected chi connectivity index (χ3v) is 2.09. The van der Waals surface area contributed by atoms with Gasteiger partial charge in [0.15, 0.2) is 0 Å². The Balaban J connectivity index is 3.46. The predicted molar refractivity (Wildman–Crippen MR) is 55.0 cm³/mol. The highest BCUT2D eigenvalue weighted by Gasteiger charge is 2.26. The van der Waals surface area contributed by atoms with Crippen molar-refractivity contribution in [3.63, 3.8) is 0 Å². The minimum Gasteiger partial charge on any atom is -0.496 e. The third kappa shape index (κ3) is 2.68. The first-order valence-corrected chi connectivity index (χ1v) is 4.69. The zero-order chi connectivity index (χ0) is 13.0. The number of pyridine rings is 1. The van der Waals surface area contributed by atoms with Crippen molar-refractivity contribution in [1.82, 2.24) is 4.98 Å². The molecule has 1 aromatic heterocycles. The molecule has 5 nitrogen and oxygen atoms in total. The highest BCUT2D eigenvalue weighted by atomic mass is 19.3. The Hall–Kier alpha value is -1.76. The van der Waals surface area contributed by atoms with Crippen LogP contribution in [0, 0.1) is 0 Å². The summed E-state index contributed by atoms with van der Waals surface area (Å²) in [6.07, 6.45) is -2.91. The van der Waals surface area contributed by atoms with E-state index >= 15 is 0 Å². The van der Waals surface area contributed by atoms with E-state index in [0.29, 0.717) is 0 Å². The normalized spacial score (nSPS) is 10.5. The summed E-state index contributed by atoms with van der Waals surface area (Å²) in [6, 6.07) is 1.33. The van der Waals surface area contributed by atoms with E-state index in [0.717, 1.165) is 7.11 Å². The van der Waals surface area contributed by atoms with Crippen LogP contribution < -0.4 is 10.5 Å². The van der Waals surface area contributed by atoms with Gasteiger partial charge in [0.05, 0.1) is 19.9 Å². The first-order chi connectivity index (χ1) is 8.04. The number of rotatable bonds is 4. The van der Waals surface area contributed by atoms with Crippen LogP contribution in [0.3, 0.4) is 0 Å². The second kappa shape index (κ2) is 5.53. The summed E-state index contributed by atoms with van der Waals surface area (Å²) >= 11 is 0. The van der Waals surface area contributed by atoms with Gasteiger partial charge in [-0.15, -0.1) is 0 Å². The number of nitrogens with zero attached hydrogens (tertiary/aromatic N) is 1. The van der Waals surface area contributed by atoms with Crippen LogP contribution in [0.25, 0.3) is 0 Å². The lowest BCUT2D eigenvalue weighted by Gasteiger charge is -2.12. The molecule has 0 atom stereocenters. The van der Waals surface area contributed by atoms with Gasteiger partial charge < -0.3 is 15.2 Å². The van der Waals surface area contributed by atoms with Crippen LogP contribution in [0.15, 0.2) is 6.07 Å². The van der Waals surface area contributed by atoms with E-state index in [-0.39, 0.29) is 23.6 Å². The van der Waals surface area contributed by atoms with Crippen molar-refractivity contribution >= 4 is 5.97 Å². The molecule has 0 amide bonds. The predicted octanol–water partition coefficient (Wildman–Crippen LogP) is 1.27. The molecule has 0 bridgehead atoms. The van der Waals surface area contributed by atoms with E-state index < -0.39 is 18.1 Å². The molecule has 0 fully saturated rings. The smallest absolute Gasteiger partial charge is 0.343 e. The molecule has 0 spiro atoms. The van der Waals surface area contributed by atoms with Gasteiger partial charge in [0, 0.05) is 12.6 Å². The molecule has 0 saturated carbocycles. The Morgan fingerprint density at radius 1 is 1.53 bits per heavy atom. The zero-order valence-corrected chi connectivity index (χ0v) is 9.37. The summed E-state index contributed by atoms with van der Waals surface area (Å²) in [4.78, 5) is 15.0. The number of esters is 1. The SMILES string of the molecule is COC(=O)c1c(OC)cc(CN)nc1C(F)F. The second-order valence-corrected chi connectivity index (χ2v) is 3.07. The van der Waals surface area contributed by atoms with E-state index in [4.69, 9.17) is 10.5 Å². The van der Waals surface area contributed by atoms with E-state index in [1.165, 1.54) is 13.2 Å². The Bertz CT molecular complexity index is 424. The molecule has 0 aliphatic rings. The van der Waals surface area contributed by atoms with E-state index in [1.54, 1.807) is 0 Å². The van der Waals surface area contributed by atoms with Crippen LogP contribution in [-0.2, 0) is 11.3 Å². The van der Waals surface area contributed by atoms with Gasteiger partial charge >= 0.3 is 5.97 Å². The maximum atomic E-state index is 12.8. The van der Waals surface area contributed by atoms with Crippen molar-refractivity contribution in [2.24, 2.45) is 5.73 Å². The molecule has 7 heteroatoms. The summed E-state index contributed by atoms with van der Waals surface area (Å²) in [6.45, 7) is -0.0302. The Kier molecular flexibility index (Phi) is 4.33. The zero-order valence-electron chi connectivity index (χ0n) is 9.37. The summed E-state index contributed by atoms with van der Waals surface area (Å²) in [5, 5.41) is 0. The largest absolute Gasteiger partial charge is 0.496 e. The Morgan fingerprint density at radius 3 is 2.59 bits per heavy atom. The van der Waals surface area contributed by atoms with Gasteiger partial charge in [-0.3, -0.25) is 0 Å². The first kappa shape index (κ1) is 13.3. The van der Waals surface area contributed by atoms with Gasteiger partial charge in [-0.25, -0.2) is 18.6 Å². The van der Waals surface area contributed by atoms with E-state index in [2.05, 4.69) is 9.72 Å². The number of carbonyl (C=O) groups is 1. The maximum Gasteiger partial charge on any atom is 0.343 e. The number of alkyl halides is 2. The lowest BCUT2D eigenvalue weighted by molar-refractivity contribution is 0.0582. The van der Waals surface area contributed by atoms with Crippen LogP contribution in [0.5, 0.6) is 5.75 Å². The fraction of sp³-hybridized carbons (Fsp3) is 0.400. The molecule has 94 valence electrons. The maximum absolute atomic E-state index is 12.8. The summed E-state index contributed by atoms with van der Waals surface area (Å²) in [5.41, 5.74) is 4.48. The summed E-state index contributed by atoms with van der Waals surface area (Å²) in [7, 11) is 2.35. The van der Waals surface area contributed by atoms with Crippen LogP contribution in [-0.4, -0.2) is 25.2 Å². The van der Waals surface area contributed by atoms with Crippen LogP contribution in [0.4, 0.5) is 8.78 Å². The van der Waals surface area contributed by atoms with Crippen LogP contribution >= 0.6 is 0 Å². The van der Waals surface area contributed by atoms with Crippen LogP contribution in [0.1, 0.15) is 28.2 Å². The van der Waals surface area contributed by atoms with Crippen molar-refractivity contribution in [3.05, 3.63) is 23.0 Å². The van der Waals surface area contributed by atoms with Crippen molar-refractivity contribution in [2.45, 2.75) is 13.0 Å². The molecule has 2 N–H and O–H groups in total. The number of ether oxygens (including phenoxy) is 2. The van der Waals surface area contributed by atoms with Gasteiger partial charge in [0.2, 0.25) is 0 Å². The van der Waals surface area contributed by atoms with Crippen molar-refractivity contribution in [1.29, 1.82) is 0 Å². The molecule has 0 aliphatic carbocycles. The molecule has 0 unspecified atom stereocenters. The lowest BCUT2D eigenvalue weighted by Crippen LogP contribution is -2.13. The third-order valence-electron chi connectivity index (χ3n) is 2.09. The molecule has 1 rings (SSSR count). The quantitative estimate of drug-likeness (QED) is 0.810. The van der Waals surface area contributed by atoms with Crippen molar-refractivity contribution in [2.75, 3.05) is 14.2 Å². The average Bonchev–Trinajstić information content (AvgIpc) is 2.35. The summed E-state index contributed by atoms with van der Waals surface area (Å²) < 4.78 is 34.9. The van der Waals surface area contributed by atoms with Crippen LogP contribution in [0.2, 0.25) is 0 Å². The number of hydrogen-bond donors (Lipinski definition) is 1. The number of nitrogens with two attached hydrogens (primary N) is 1. The molecular formula is C10H12F2N2O3. The van der Waals surface area contributed by atoms with Gasteiger partial charge in [0.1, 0.15) is 17.0 Å². The van der Waals surface area contributed by atoms with Gasteiger partial charge in [-0.1, -0.05) is 0 Å². The van der Waals surface area contributed by atoms with Gasteiger partial charge in [-0.05, 0) is 0 Å².